The van der Waals surface area contributed by atoms with Gasteiger partial charge in [0.15, 0.2) is 6.67 Å². The molecule has 152 valence electrons. The van der Waals surface area contributed by atoms with E-state index in [4.69, 9.17) is 21.4 Å². The van der Waals surface area contributed by atoms with Gasteiger partial charge in [0.25, 0.3) is 10.7 Å². The van der Waals surface area contributed by atoms with Crippen molar-refractivity contribution in [2.75, 3.05) is 37.7 Å². The zero-order chi connectivity index (χ0) is 20.2. The van der Waals surface area contributed by atoms with Crippen LogP contribution in [0.15, 0.2) is 52.9 Å². The fourth-order valence-corrected chi connectivity index (χ4v) is 3.73. The molecule has 3 aromatic rings. The Bertz CT molecular complexity index is 1010. The van der Waals surface area contributed by atoms with E-state index in [9.17, 15) is 4.39 Å². The highest BCUT2D eigenvalue weighted by Gasteiger charge is 2.22. The molecule has 1 aromatic heterocycles. The molecule has 0 aliphatic carbocycles. The highest BCUT2D eigenvalue weighted by Crippen LogP contribution is 2.28. The zero-order valence-corrected chi connectivity index (χ0v) is 17.1. The molecular weight excluding hydrogens is 391 g/mol. The number of benzene rings is 2. The number of hydrogen-bond donors (Lipinski definition) is 1. The Balaban J connectivity index is 1.42. The van der Waals surface area contributed by atoms with E-state index < -0.39 is 0 Å². The summed E-state index contributed by atoms with van der Waals surface area (Å²) >= 11 is 5.39. The Morgan fingerprint density at radius 1 is 1.14 bits per heavy atom. The topological polar surface area (TPSA) is 47.9 Å². The molecule has 0 unspecified atom stereocenters. The van der Waals surface area contributed by atoms with Crippen LogP contribution in [-0.2, 0) is 6.67 Å². The SMILES string of the molecule is CCOc1ccccc1-c1nn(C[NH+]2CCN(c3ccc(F)cc3)CC2)c(=S)o1. The van der Waals surface area contributed by atoms with E-state index in [-0.39, 0.29) is 5.82 Å². The molecular formula is C21H24FN4O2S+. The molecule has 0 saturated carbocycles. The number of piperazine rings is 1. The molecule has 0 radical (unpaired) electrons. The maximum atomic E-state index is 13.1. The third-order valence-electron chi connectivity index (χ3n) is 5.06. The maximum absolute atomic E-state index is 13.1. The normalized spacial score (nSPS) is 14.9. The molecule has 1 fully saturated rings. The molecule has 6 nitrogen and oxygen atoms in total. The summed E-state index contributed by atoms with van der Waals surface area (Å²) in [6.07, 6.45) is 0. The number of ether oxygens (including phenoxy) is 1. The summed E-state index contributed by atoms with van der Waals surface area (Å²) in [4.78, 5) is 4.01. The second kappa shape index (κ2) is 8.75. The molecule has 2 heterocycles. The average molecular weight is 416 g/mol. The molecule has 0 amide bonds. The van der Waals surface area contributed by atoms with Crippen LogP contribution in [0.5, 0.6) is 5.75 Å². The number of rotatable bonds is 6. The van der Waals surface area contributed by atoms with Crippen LogP contribution in [0.4, 0.5) is 10.1 Å². The smallest absolute Gasteiger partial charge is 0.292 e. The van der Waals surface area contributed by atoms with Crippen LogP contribution in [-0.4, -0.2) is 42.6 Å². The molecule has 0 spiro atoms. The minimum absolute atomic E-state index is 0.208. The first-order valence-electron chi connectivity index (χ1n) is 9.78. The van der Waals surface area contributed by atoms with Crippen molar-refractivity contribution in [1.29, 1.82) is 0 Å². The van der Waals surface area contributed by atoms with Gasteiger partial charge in [0, 0.05) is 5.69 Å². The third kappa shape index (κ3) is 4.49. The first kappa shape index (κ1) is 19.6. The van der Waals surface area contributed by atoms with Crippen LogP contribution in [0.2, 0.25) is 0 Å². The summed E-state index contributed by atoms with van der Waals surface area (Å²) in [6.45, 7) is 6.84. The van der Waals surface area contributed by atoms with Crippen molar-refractivity contribution in [3.8, 4) is 17.2 Å². The maximum Gasteiger partial charge on any atom is 0.292 e. The van der Waals surface area contributed by atoms with E-state index in [1.54, 1.807) is 4.68 Å². The van der Waals surface area contributed by atoms with Gasteiger partial charge in [-0.25, -0.2) is 4.39 Å². The molecule has 1 aliphatic heterocycles. The Kier molecular flexibility index (Phi) is 5.92. The van der Waals surface area contributed by atoms with Crippen LogP contribution in [0.25, 0.3) is 11.5 Å². The standard InChI is InChI=1S/C21H23FN4O2S/c1-2-27-19-6-4-3-5-18(19)20-23-26(21(29)28-20)15-24-11-13-25(14-12-24)17-9-7-16(22)8-10-17/h3-10H,2,11-15H2,1H3/p+1. The number of halogens is 1. The van der Waals surface area contributed by atoms with Crippen molar-refractivity contribution in [2.24, 2.45) is 0 Å². The number of para-hydroxylation sites is 1. The summed E-state index contributed by atoms with van der Waals surface area (Å²) in [5.74, 6) is 1.00. The van der Waals surface area contributed by atoms with Gasteiger partial charge in [-0.05, 0) is 55.5 Å². The number of anilines is 1. The van der Waals surface area contributed by atoms with Gasteiger partial charge in [-0.3, -0.25) is 0 Å². The predicted molar refractivity (Wildman–Crippen MR) is 111 cm³/mol. The van der Waals surface area contributed by atoms with E-state index in [2.05, 4.69) is 10.00 Å². The van der Waals surface area contributed by atoms with Crippen LogP contribution in [0.1, 0.15) is 6.92 Å². The highest BCUT2D eigenvalue weighted by atomic mass is 32.1. The van der Waals surface area contributed by atoms with Crippen molar-refractivity contribution >= 4 is 17.9 Å². The van der Waals surface area contributed by atoms with E-state index in [1.807, 2.05) is 43.3 Å². The van der Waals surface area contributed by atoms with E-state index >= 15 is 0 Å². The number of nitrogens with zero attached hydrogens (tertiary/aromatic N) is 3. The van der Waals surface area contributed by atoms with Gasteiger partial charge in [0.1, 0.15) is 11.6 Å². The monoisotopic (exact) mass is 415 g/mol. The predicted octanol–water partition coefficient (Wildman–Crippen LogP) is 2.77. The first-order valence-corrected chi connectivity index (χ1v) is 10.2. The minimum atomic E-state index is -0.208. The summed E-state index contributed by atoms with van der Waals surface area (Å²) in [5, 5.41) is 4.59. The Morgan fingerprint density at radius 2 is 1.86 bits per heavy atom. The van der Waals surface area contributed by atoms with Crippen molar-refractivity contribution in [3.63, 3.8) is 0 Å². The van der Waals surface area contributed by atoms with Crippen molar-refractivity contribution in [1.82, 2.24) is 9.78 Å². The van der Waals surface area contributed by atoms with Crippen LogP contribution >= 0.6 is 12.2 Å². The van der Waals surface area contributed by atoms with Crippen molar-refractivity contribution in [3.05, 3.63) is 59.2 Å². The lowest BCUT2D eigenvalue weighted by Crippen LogP contribution is -3.14. The number of nitrogens with one attached hydrogen (secondary N) is 1. The molecule has 0 atom stereocenters. The highest BCUT2D eigenvalue weighted by molar-refractivity contribution is 7.71. The Morgan fingerprint density at radius 3 is 2.59 bits per heavy atom. The Labute approximate surface area is 174 Å². The summed E-state index contributed by atoms with van der Waals surface area (Å²) in [6, 6.07) is 14.3. The van der Waals surface area contributed by atoms with Crippen LogP contribution < -0.4 is 14.5 Å². The number of quaternary nitrogens is 1. The molecule has 4 rings (SSSR count). The van der Waals surface area contributed by atoms with Crippen molar-refractivity contribution < 1.29 is 18.4 Å². The number of hydrogen-bond acceptors (Lipinski definition) is 5. The lowest BCUT2D eigenvalue weighted by Gasteiger charge is -2.33. The van der Waals surface area contributed by atoms with E-state index in [0.717, 1.165) is 43.2 Å². The fourth-order valence-electron chi connectivity index (χ4n) is 3.54. The molecule has 1 aliphatic rings. The Hall–Kier alpha value is -2.71. The lowest BCUT2D eigenvalue weighted by molar-refractivity contribution is -0.924. The molecule has 2 aromatic carbocycles. The molecule has 1 N–H and O–H groups in total. The molecule has 8 heteroatoms. The van der Waals surface area contributed by atoms with Gasteiger partial charge in [-0.15, -0.1) is 5.10 Å². The largest absolute Gasteiger partial charge is 0.493 e. The summed E-state index contributed by atoms with van der Waals surface area (Å²) in [5.41, 5.74) is 1.86. The molecule has 1 saturated heterocycles. The summed E-state index contributed by atoms with van der Waals surface area (Å²) < 4.78 is 26.3. The van der Waals surface area contributed by atoms with E-state index in [1.165, 1.54) is 17.0 Å². The summed E-state index contributed by atoms with van der Waals surface area (Å²) in [7, 11) is 0. The second-order valence-electron chi connectivity index (χ2n) is 6.97. The van der Waals surface area contributed by atoms with Gasteiger partial charge in [0.2, 0.25) is 0 Å². The average Bonchev–Trinajstić information content (AvgIpc) is 3.10. The molecule has 0 bridgehead atoms. The van der Waals surface area contributed by atoms with Crippen LogP contribution in [0.3, 0.4) is 0 Å². The quantitative estimate of drug-likeness (QED) is 0.628. The molecule has 29 heavy (non-hydrogen) atoms. The minimum Gasteiger partial charge on any atom is -0.493 e. The van der Waals surface area contributed by atoms with Gasteiger partial charge in [-0.1, -0.05) is 12.1 Å². The fraction of sp³-hybridized carbons (Fsp3) is 0.333. The van der Waals surface area contributed by atoms with Gasteiger partial charge < -0.3 is 19.0 Å². The first-order chi connectivity index (χ1) is 14.1. The number of aromatic nitrogens is 2. The third-order valence-corrected chi connectivity index (χ3v) is 5.35. The van der Waals surface area contributed by atoms with E-state index in [0.29, 0.717) is 24.0 Å². The van der Waals surface area contributed by atoms with Gasteiger partial charge in [0.05, 0.1) is 38.3 Å². The van der Waals surface area contributed by atoms with Crippen molar-refractivity contribution in [2.45, 2.75) is 13.6 Å². The lowest BCUT2D eigenvalue weighted by atomic mass is 10.2. The van der Waals surface area contributed by atoms with Crippen LogP contribution in [0, 0.1) is 10.7 Å². The zero-order valence-electron chi connectivity index (χ0n) is 16.3. The second-order valence-corrected chi connectivity index (χ2v) is 7.32. The van der Waals surface area contributed by atoms with Gasteiger partial charge in [-0.2, -0.15) is 4.68 Å². The van der Waals surface area contributed by atoms with Gasteiger partial charge >= 0.3 is 0 Å².